The number of ether oxygens (including phenoxy) is 1. The molecule has 0 saturated carbocycles. The van der Waals surface area contributed by atoms with E-state index in [1.54, 1.807) is 13.0 Å². The third-order valence-electron chi connectivity index (χ3n) is 3.56. The summed E-state index contributed by atoms with van der Waals surface area (Å²) in [6, 6.07) is 3.29. The molecule has 1 heterocycles. The number of halogens is 1. The number of hydrogen-bond donors (Lipinski definition) is 1. The number of aryl methyl sites for hydroxylation is 1. The lowest BCUT2D eigenvalue weighted by atomic mass is 10.0. The summed E-state index contributed by atoms with van der Waals surface area (Å²) in [5.41, 5.74) is 8.55. The van der Waals surface area contributed by atoms with Gasteiger partial charge in [0.15, 0.2) is 0 Å². The molecule has 0 aromatic heterocycles. The van der Waals surface area contributed by atoms with Crippen LogP contribution in [0.4, 0.5) is 10.1 Å². The third-order valence-corrected chi connectivity index (χ3v) is 3.56. The Balaban J connectivity index is 2.40. The highest BCUT2D eigenvalue weighted by Gasteiger charge is 2.25. The Morgan fingerprint density at radius 2 is 1.89 bits per heavy atom. The quantitative estimate of drug-likeness (QED) is 0.894. The van der Waals surface area contributed by atoms with E-state index in [0.717, 1.165) is 24.3 Å². The van der Waals surface area contributed by atoms with E-state index >= 15 is 0 Å². The van der Waals surface area contributed by atoms with Crippen LogP contribution in [-0.4, -0.2) is 25.3 Å². The predicted molar refractivity (Wildman–Crippen MR) is 76.0 cm³/mol. The summed E-state index contributed by atoms with van der Waals surface area (Å²) in [6.07, 6.45) is 0.352. The smallest absolute Gasteiger partial charge is 0.126 e. The van der Waals surface area contributed by atoms with Crippen molar-refractivity contribution in [3.05, 3.63) is 29.1 Å². The van der Waals surface area contributed by atoms with Gasteiger partial charge in [0.25, 0.3) is 0 Å². The molecule has 0 bridgehead atoms. The van der Waals surface area contributed by atoms with Crippen LogP contribution in [0.1, 0.15) is 37.9 Å². The number of rotatable bonds is 2. The van der Waals surface area contributed by atoms with Crippen LogP contribution in [0.5, 0.6) is 0 Å². The summed E-state index contributed by atoms with van der Waals surface area (Å²) < 4.78 is 19.5. The van der Waals surface area contributed by atoms with Crippen molar-refractivity contribution in [2.24, 2.45) is 5.73 Å². The van der Waals surface area contributed by atoms with Gasteiger partial charge >= 0.3 is 0 Å². The van der Waals surface area contributed by atoms with Crippen molar-refractivity contribution in [1.82, 2.24) is 0 Å². The van der Waals surface area contributed by atoms with E-state index < -0.39 is 0 Å². The summed E-state index contributed by atoms with van der Waals surface area (Å²) in [7, 11) is 0. The molecule has 3 atom stereocenters. The Bertz CT molecular complexity index is 452. The maximum absolute atomic E-state index is 13.7. The molecule has 4 heteroatoms. The molecule has 0 spiro atoms. The maximum Gasteiger partial charge on any atom is 0.126 e. The molecule has 3 nitrogen and oxygen atoms in total. The van der Waals surface area contributed by atoms with E-state index in [1.807, 2.05) is 13.0 Å². The lowest BCUT2D eigenvalue weighted by Crippen LogP contribution is -2.46. The van der Waals surface area contributed by atoms with Crippen molar-refractivity contribution in [2.75, 3.05) is 18.0 Å². The predicted octanol–water partition coefficient (Wildman–Crippen LogP) is 2.77. The number of anilines is 1. The first kappa shape index (κ1) is 14.3. The van der Waals surface area contributed by atoms with Crippen LogP contribution < -0.4 is 10.6 Å². The molecule has 106 valence electrons. The molecule has 1 fully saturated rings. The molecule has 0 aliphatic carbocycles. The van der Waals surface area contributed by atoms with Crippen LogP contribution in [0.2, 0.25) is 0 Å². The molecule has 0 amide bonds. The van der Waals surface area contributed by atoms with Crippen molar-refractivity contribution in [2.45, 2.75) is 45.9 Å². The second kappa shape index (κ2) is 5.47. The van der Waals surface area contributed by atoms with Gasteiger partial charge in [-0.05, 0) is 51.0 Å². The summed E-state index contributed by atoms with van der Waals surface area (Å²) in [4.78, 5) is 2.25. The van der Waals surface area contributed by atoms with Gasteiger partial charge in [-0.25, -0.2) is 4.39 Å². The summed E-state index contributed by atoms with van der Waals surface area (Å²) >= 11 is 0. The van der Waals surface area contributed by atoms with Crippen molar-refractivity contribution in [3.8, 4) is 0 Å². The zero-order valence-corrected chi connectivity index (χ0v) is 12.1. The van der Waals surface area contributed by atoms with Crippen molar-refractivity contribution < 1.29 is 9.13 Å². The average molecular weight is 266 g/mol. The first-order valence-electron chi connectivity index (χ1n) is 6.84. The van der Waals surface area contributed by atoms with Gasteiger partial charge in [-0.3, -0.25) is 0 Å². The lowest BCUT2D eigenvalue weighted by molar-refractivity contribution is -0.00528. The molecule has 2 rings (SSSR count). The number of hydrogen-bond acceptors (Lipinski definition) is 3. The molecule has 0 radical (unpaired) electrons. The fourth-order valence-corrected chi connectivity index (χ4v) is 2.69. The molecular weight excluding hydrogens is 243 g/mol. The van der Waals surface area contributed by atoms with Crippen LogP contribution in [-0.2, 0) is 4.74 Å². The largest absolute Gasteiger partial charge is 0.372 e. The lowest BCUT2D eigenvalue weighted by Gasteiger charge is -2.38. The first-order valence-corrected chi connectivity index (χ1v) is 6.84. The molecular formula is C15H23FN2O. The molecule has 1 aliphatic rings. The zero-order valence-electron chi connectivity index (χ0n) is 12.1. The van der Waals surface area contributed by atoms with Crippen molar-refractivity contribution >= 4 is 5.69 Å². The summed E-state index contributed by atoms with van der Waals surface area (Å²) in [5.74, 6) is -0.189. The van der Waals surface area contributed by atoms with E-state index in [0.29, 0.717) is 5.56 Å². The van der Waals surface area contributed by atoms with E-state index in [2.05, 4.69) is 18.7 Å². The molecule has 1 saturated heterocycles. The molecule has 19 heavy (non-hydrogen) atoms. The highest BCUT2D eigenvalue weighted by atomic mass is 19.1. The topological polar surface area (TPSA) is 38.5 Å². The standard InChI is InChI=1S/C15H23FN2O/c1-9-5-15(13(12(4)17)6-14(9)16)18-7-10(2)19-11(3)8-18/h5-6,10-12H,7-8,17H2,1-4H3/t10?,11?,12-/m1/s1. The van der Waals surface area contributed by atoms with Gasteiger partial charge < -0.3 is 15.4 Å². The van der Waals surface area contributed by atoms with E-state index in [4.69, 9.17) is 10.5 Å². The van der Waals surface area contributed by atoms with Crippen LogP contribution in [0, 0.1) is 12.7 Å². The van der Waals surface area contributed by atoms with Gasteiger partial charge in [0.2, 0.25) is 0 Å². The molecule has 1 aromatic carbocycles. The Labute approximate surface area is 114 Å². The van der Waals surface area contributed by atoms with Crippen molar-refractivity contribution in [3.63, 3.8) is 0 Å². The minimum Gasteiger partial charge on any atom is -0.372 e. The van der Waals surface area contributed by atoms with Gasteiger partial charge in [0, 0.05) is 24.8 Å². The monoisotopic (exact) mass is 266 g/mol. The summed E-state index contributed by atoms with van der Waals surface area (Å²) in [5, 5.41) is 0. The molecule has 2 N–H and O–H groups in total. The average Bonchev–Trinajstić information content (AvgIpc) is 2.30. The first-order chi connectivity index (χ1) is 8.88. The Morgan fingerprint density at radius 3 is 2.42 bits per heavy atom. The fraction of sp³-hybridized carbons (Fsp3) is 0.600. The van der Waals surface area contributed by atoms with Gasteiger partial charge in [0.05, 0.1) is 12.2 Å². The number of nitrogens with zero attached hydrogens (tertiary/aromatic N) is 1. The van der Waals surface area contributed by atoms with Gasteiger partial charge in [-0.15, -0.1) is 0 Å². The van der Waals surface area contributed by atoms with Gasteiger partial charge in [-0.2, -0.15) is 0 Å². The zero-order chi connectivity index (χ0) is 14.2. The third kappa shape index (κ3) is 3.07. The second-order valence-electron chi connectivity index (χ2n) is 5.61. The summed E-state index contributed by atoms with van der Waals surface area (Å²) in [6.45, 7) is 9.43. The van der Waals surface area contributed by atoms with E-state index in [1.165, 1.54) is 0 Å². The molecule has 1 aromatic rings. The highest BCUT2D eigenvalue weighted by molar-refractivity contribution is 5.57. The minimum absolute atomic E-state index is 0.176. The Morgan fingerprint density at radius 1 is 1.32 bits per heavy atom. The fourth-order valence-electron chi connectivity index (χ4n) is 2.69. The Kier molecular flexibility index (Phi) is 4.11. The van der Waals surface area contributed by atoms with Gasteiger partial charge in [0.1, 0.15) is 5.82 Å². The van der Waals surface area contributed by atoms with Gasteiger partial charge in [-0.1, -0.05) is 0 Å². The Hall–Kier alpha value is -1.13. The highest BCUT2D eigenvalue weighted by Crippen LogP contribution is 2.30. The minimum atomic E-state index is -0.189. The van der Waals surface area contributed by atoms with Crippen LogP contribution in [0.15, 0.2) is 12.1 Å². The molecule has 2 unspecified atom stereocenters. The number of nitrogens with two attached hydrogens (primary N) is 1. The second-order valence-corrected chi connectivity index (χ2v) is 5.61. The SMILES string of the molecule is Cc1cc(N2CC(C)OC(C)C2)c([C@@H](C)N)cc1F. The van der Waals surface area contributed by atoms with Crippen LogP contribution >= 0.6 is 0 Å². The van der Waals surface area contributed by atoms with Crippen molar-refractivity contribution in [1.29, 1.82) is 0 Å². The number of morpholine rings is 1. The molecule has 1 aliphatic heterocycles. The van der Waals surface area contributed by atoms with E-state index in [9.17, 15) is 4.39 Å². The van der Waals surface area contributed by atoms with E-state index in [-0.39, 0.29) is 24.1 Å². The number of benzene rings is 1. The van der Waals surface area contributed by atoms with Crippen LogP contribution in [0.25, 0.3) is 0 Å². The maximum atomic E-state index is 13.7. The normalized spacial score (nSPS) is 25.5. The van der Waals surface area contributed by atoms with Crippen LogP contribution in [0.3, 0.4) is 0 Å².